The van der Waals surface area contributed by atoms with Gasteiger partial charge in [0.05, 0.1) is 7.11 Å². The molecule has 1 unspecified atom stereocenters. The molecule has 214 valence electrons. The molecule has 1 N–H and O–H groups in total. The van der Waals surface area contributed by atoms with E-state index in [0.717, 1.165) is 21.3 Å². The summed E-state index contributed by atoms with van der Waals surface area (Å²) in [5, 5.41) is 3.54. The third-order valence-electron chi connectivity index (χ3n) is 8.44. The lowest BCUT2D eigenvalue weighted by atomic mass is 9.77. The Kier molecular flexibility index (Phi) is 7.95. The molecule has 0 aliphatic carbocycles. The van der Waals surface area contributed by atoms with Gasteiger partial charge in [-0.2, -0.15) is 4.98 Å². The van der Waals surface area contributed by atoms with Crippen LogP contribution in [0, 0.1) is 5.92 Å². The van der Waals surface area contributed by atoms with E-state index < -0.39 is 41.3 Å². The summed E-state index contributed by atoms with van der Waals surface area (Å²) in [5.74, 6) is 0.264. The number of benzene rings is 3. The molecule has 1 aliphatic rings. The number of rotatable bonds is 9. The number of aromatic nitrogens is 2. The second-order valence-electron chi connectivity index (χ2n) is 10.5. The highest BCUT2D eigenvalue weighted by Gasteiger charge is 2.56. The van der Waals surface area contributed by atoms with Gasteiger partial charge in [0.15, 0.2) is 12.4 Å². The fraction of sp³-hybridized carbons (Fsp3) is 0.333. The van der Waals surface area contributed by atoms with Gasteiger partial charge in [-0.05, 0) is 48.2 Å². The van der Waals surface area contributed by atoms with Crippen LogP contribution in [-0.2, 0) is 10.3 Å². The van der Waals surface area contributed by atoms with Crippen molar-refractivity contribution in [1.82, 2.24) is 9.55 Å². The number of hydrogen-bond acceptors (Lipinski definition) is 5. The van der Waals surface area contributed by atoms with Gasteiger partial charge < -0.3 is 14.8 Å². The van der Waals surface area contributed by atoms with Gasteiger partial charge in [-0.25, -0.2) is 13.6 Å². The van der Waals surface area contributed by atoms with Crippen LogP contribution in [0.2, 0.25) is 0 Å². The first kappa shape index (κ1) is 28.5. The summed E-state index contributed by atoms with van der Waals surface area (Å²) < 4.78 is 42.6. The van der Waals surface area contributed by atoms with Crippen molar-refractivity contribution in [1.29, 1.82) is 0 Å². The van der Waals surface area contributed by atoms with E-state index in [2.05, 4.69) is 10.3 Å². The molecule has 3 aromatic carbocycles. The van der Waals surface area contributed by atoms with Gasteiger partial charge >= 0.3 is 5.69 Å². The lowest BCUT2D eigenvalue weighted by molar-refractivity contribution is -0.126. The Hall–Kier alpha value is -4.04. The van der Waals surface area contributed by atoms with Gasteiger partial charge in [0.25, 0.3) is 0 Å². The molecule has 0 saturated carbocycles. The topological polar surface area (TPSA) is 65.4 Å². The molecule has 1 saturated heterocycles. The summed E-state index contributed by atoms with van der Waals surface area (Å²) in [6.45, 7) is 4.76. The van der Waals surface area contributed by atoms with Gasteiger partial charge in [0, 0.05) is 12.1 Å². The maximum Gasteiger partial charge on any atom is 0.351 e. The number of nitrogens with one attached hydrogen (secondary N) is 1. The van der Waals surface area contributed by atoms with Crippen LogP contribution in [0.4, 0.5) is 14.6 Å². The van der Waals surface area contributed by atoms with E-state index in [-0.39, 0.29) is 12.2 Å². The summed E-state index contributed by atoms with van der Waals surface area (Å²) in [6, 6.07) is 29.1. The Morgan fingerprint density at radius 3 is 2.02 bits per heavy atom. The Morgan fingerprint density at radius 2 is 1.56 bits per heavy atom. The standard InChI is InChI=1S/C33H35F2N3O3/c1-5-32(23(3)34)22(2)29(35)30(41-32)38-21-20-28(36-31(38)39)37-33(24-12-8-6-9-13-24,25-14-10-7-11-15-25)26-16-18-27(40-4)19-17-26/h6-23,29-30H,5H2,1-4H3,(H,36,37,39)/t22-,23?,29+,30+,32+/m0/s1. The molecule has 4 aromatic rings. The van der Waals surface area contributed by atoms with E-state index in [4.69, 9.17) is 9.47 Å². The summed E-state index contributed by atoms with van der Waals surface area (Å²) in [7, 11) is 1.61. The molecule has 1 aromatic heterocycles. The maximum absolute atomic E-state index is 15.5. The lowest BCUT2D eigenvalue weighted by Crippen LogP contribution is -2.43. The third kappa shape index (κ3) is 4.90. The minimum atomic E-state index is -1.57. The molecule has 2 heterocycles. The number of halogens is 2. The number of methoxy groups -OCH3 is 1. The Bertz CT molecular complexity index is 1470. The first-order chi connectivity index (χ1) is 19.8. The van der Waals surface area contributed by atoms with E-state index in [1.807, 2.05) is 84.9 Å². The molecule has 8 heteroatoms. The van der Waals surface area contributed by atoms with Crippen LogP contribution in [0.25, 0.3) is 0 Å². The molecule has 0 amide bonds. The number of hydrogen-bond donors (Lipinski definition) is 1. The summed E-state index contributed by atoms with van der Waals surface area (Å²) in [4.78, 5) is 17.7. The van der Waals surface area contributed by atoms with Gasteiger partial charge in [-0.3, -0.25) is 4.57 Å². The van der Waals surface area contributed by atoms with Gasteiger partial charge in [-0.15, -0.1) is 0 Å². The molecule has 0 radical (unpaired) electrons. The van der Waals surface area contributed by atoms with Crippen LogP contribution in [0.1, 0.15) is 50.1 Å². The maximum atomic E-state index is 15.5. The fourth-order valence-corrected chi connectivity index (χ4v) is 6.07. The van der Waals surface area contributed by atoms with Crippen molar-refractivity contribution in [3.63, 3.8) is 0 Å². The van der Waals surface area contributed by atoms with Crippen molar-refractivity contribution in [2.75, 3.05) is 12.4 Å². The van der Waals surface area contributed by atoms with Crippen LogP contribution >= 0.6 is 0 Å². The normalized spacial score (nSPS) is 23.2. The Balaban J connectivity index is 1.61. The minimum Gasteiger partial charge on any atom is -0.497 e. The number of ether oxygens (including phenoxy) is 2. The minimum absolute atomic E-state index is 0.281. The molecule has 41 heavy (non-hydrogen) atoms. The molecule has 1 aliphatic heterocycles. The predicted octanol–water partition coefficient (Wildman–Crippen LogP) is 6.67. The summed E-state index contributed by atoms with van der Waals surface area (Å²) in [6.07, 6.45) is -2.50. The highest BCUT2D eigenvalue weighted by atomic mass is 19.1. The van der Waals surface area contributed by atoms with E-state index in [1.54, 1.807) is 27.0 Å². The summed E-state index contributed by atoms with van der Waals surface area (Å²) >= 11 is 0. The highest BCUT2D eigenvalue weighted by Crippen LogP contribution is 2.47. The smallest absolute Gasteiger partial charge is 0.351 e. The molecule has 6 nitrogen and oxygen atoms in total. The molecular formula is C33H35F2N3O3. The second kappa shape index (κ2) is 11.4. The van der Waals surface area contributed by atoms with Gasteiger partial charge in [-0.1, -0.05) is 86.6 Å². The van der Waals surface area contributed by atoms with E-state index in [1.165, 1.54) is 13.1 Å². The molecule has 5 rings (SSSR count). The monoisotopic (exact) mass is 559 g/mol. The average molecular weight is 560 g/mol. The zero-order chi connectivity index (χ0) is 29.2. The lowest BCUT2D eigenvalue weighted by Gasteiger charge is -2.37. The van der Waals surface area contributed by atoms with Crippen molar-refractivity contribution in [3.05, 3.63) is 124 Å². The Morgan fingerprint density at radius 1 is 1.00 bits per heavy atom. The first-order valence-electron chi connectivity index (χ1n) is 13.9. The van der Waals surface area contributed by atoms with Crippen molar-refractivity contribution in [2.45, 2.75) is 56.9 Å². The van der Waals surface area contributed by atoms with E-state index >= 15 is 4.39 Å². The fourth-order valence-electron chi connectivity index (χ4n) is 6.07. The molecule has 1 fully saturated rings. The summed E-state index contributed by atoms with van der Waals surface area (Å²) in [5.41, 5.74) is -0.221. The number of alkyl halides is 2. The van der Waals surface area contributed by atoms with Crippen molar-refractivity contribution in [2.24, 2.45) is 5.92 Å². The van der Waals surface area contributed by atoms with Crippen LogP contribution in [-0.4, -0.2) is 34.6 Å². The largest absolute Gasteiger partial charge is 0.497 e. The number of anilines is 1. The van der Waals surface area contributed by atoms with Crippen LogP contribution in [0.5, 0.6) is 5.75 Å². The van der Waals surface area contributed by atoms with E-state index in [0.29, 0.717) is 5.75 Å². The molecular weight excluding hydrogens is 524 g/mol. The first-order valence-corrected chi connectivity index (χ1v) is 13.9. The molecule has 0 bridgehead atoms. The third-order valence-corrected chi connectivity index (χ3v) is 8.44. The number of nitrogens with zero attached hydrogens (tertiary/aromatic N) is 2. The zero-order valence-electron chi connectivity index (χ0n) is 23.6. The van der Waals surface area contributed by atoms with Gasteiger partial charge in [0.1, 0.15) is 28.9 Å². The average Bonchev–Trinajstić information content (AvgIpc) is 3.27. The zero-order valence-corrected chi connectivity index (χ0v) is 23.6. The van der Waals surface area contributed by atoms with Crippen LogP contribution in [0.15, 0.2) is 102 Å². The van der Waals surface area contributed by atoms with Crippen molar-refractivity contribution >= 4 is 5.82 Å². The van der Waals surface area contributed by atoms with Gasteiger partial charge in [0.2, 0.25) is 0 Å². The SMILES string of the molecule is CC[C@@]1(C(C)F)O[C@@H](n2ccc(NC(c3ccccc3)(c3ccccc3)c3ccc(OC)cc3)nc2=O)[C@H](F)[C@@H]1C. The molecule has 0 spiro atoms. The Labute approximate surface area is 239 Å². The predicted molar refractivity (Wildman–Crippen MR) is 156 cm³/mol. The highest BCUT2D eigenvalue weighted by molar-refractivity contribution is 5.58. The van der Waals surface area contributed by atoms with Crippen molar-refractivity contribution < 1.29 is 18.3 Å². The van der Waals surface area contributed by atoms with E-state index in [9.17, 15) is 9.18 Å². The van der Waals surface area contributed by atoms with Crippen LogP contribution < -0.4 is 15.7 Å². The molecule has 5 atom stereocenters. The van der Waals surface area contributed by atoms with Crippen LogP contribution in [0.3, 0.4) is 0 Å². The quantitative estimate of drug-likeness (QED) is 0.232. The van der Waals surface area contributed by atoms with Crippen molar-refractivity contribution in [3.8, 4) is 5.75 Å². The second-order valence-corrected chi connectivity index (χ2v) is 10.5.